The fraction of sp³-hybridized carbons (Fsp3) is 0.833. The van der Waals surface area contributed by atoms with Gasteiger partial charge in [0, 0.05) is 45.3 Å². The number of hydrogen-bond donors (Lipinski definition) is 0. The van der Waals surface area contributed by atoms with E-state index >= 15 is 0 Å². The highest BCUT2D eigenvalue weighted by atomic mass is 15.4. The van der Waals surface area contributed by atoms with Crippen molar-refractivity contribution >= 4 is 0 Å². The van der Waals surface area contributed by atoms with Gasteiger partial charge in [-0.1, -0.05) is 6.58 Å². The molecule has 2 rings (SSSR count). The van der Waals surface area contributed by atoms with Crippen LogP contribution in [0.2, 0.25) is 0 Å². The lowest BCUT2D eigenvalue weighted by atomic mass is 10.2. The van der Waals surface area contributed by atoms with Crippen molar-refractivity contribution in [3.05, 3.63) is 12.4 Å². The monoisotopic (exact) mass is 209 g/mol. The Kier molecular flexibility index (Phi) is 3.19. The van der Waals surface area contributed by atoms with Gasteiger partial charge >= 0.3 is 0 Å². The highest BCUT2D eigenvalue weighted by molar-refractivity contribution is 4.99. The van der Waals surface area contributed by atoms with Gasteiger partial charge in [0.05, 0.1) is 5.82 Å². The van der Waals surface area contributed by atoms with Crippen molar-refractivity contribution in [1.82, 2.24) is 14.7 Å². The molecular formula is C12H23N3. The minimum atomic E-state index is 0.685. The molecule has 86 valence electrons. The van der Waals surface area contributed by atoms with Crippen molar-refractivity contribution in [3.8, 4) is 0 Å². The molecule has 3 heteroatoms. The number of nitrogens with zero attached hydrogens (tertiary/aromatic N) is 3. The summed E-state index contributed by atoms with van der Waals surface area (Å²) in [4.78, 5) is 7.38. The topological polar surface area (TPSA) is 9.72 Å². The molecule has 0 bridgehead atoms. The normalized spacial score (nSPS) is 23.1. The zero-order valence-electron chi connectivity index (χ0n) is 10.1. The fourth-order valence-corrected chi connectivity index (χ4v) is 2.27. The Balaban J connectivity index is 1.79. The summed E-state index contributed by atoms with van der Waals surface area (Å²) in [6.07, 6.45) is 1.34. The summed E-state index contributed by atoms with van der Waals surface area (Å²) in [5, 5.41) is 0. The first kappa shape index (κ1) is 10.8. The number of piperazine rings is 1. The number of hydrogen-bond acceptors (Lipinski definition) is 3. The van der Waals surface area contributed by atoms with E-state index in [1.165, 1.54) is 38.4 Å². The van der Waals surface area contributed by atoms with Crippen molar-refractivity contribution < 1.29 is 0 Å². The van der Waals surface area contributed by atoms with E-state index in [1.54, 1.807) is 0 Å². The summed E-state index contributed by atoms with van der Waals surface area (Å²) in [6, 6.07) is 0.685. The summed E-state index contributed by atoms with van der Waals surface area (Å²) in [7, 11) is 0. The SMILES string of the molecule is C=C(N1CCC1)N1CCN(C(C)C)CC1. The van der Waals surface area contributed by atoms with Gasteiger partial charge in [-0.05, 0) is 20.3 Å². The maximum absolute atomic E-state index is 4.20. The molecule has 0 radical (unpaired) electrons. The third-order valence-corrected chi connectivity index (χ3v) is 3.63. The molecule has 0 spiro atoms. The molecule has 2 saturated heterocycles. The molecule has 2 aliphatic rings. The largest absolute Gasteiger partial charge is 0.359 e. The first-order valence-corrected chi connectivity index (χ1v) is 6.11. The second-order valence-electron chi connectivity index (χ2n) is 4.87. The van der Waals surface area contributed by atoms with Crippen molar-refractivity contribution in [1.29, 1.82) is 0 Å². The van der Waals surface area contributed by atoms with Crippen LogP contribution in [0.15, 0.2) is 12.4 Å². The summed E-state index contributed by atoms with van der Waals surface area (Å²) >= 11 is 0. The molecule has 2 heterocycles. The molecule has 2 fully saturated rings. The molecule has 0 amide bonds. The van der Waals surface area contributed by atoms with Crippen LogP contribution in [0.1, 0.15) is 20.3 Å². The van der Waals surface area contributed by atoms with Crippen LogP contribution < -0.4 is 0 Å². The Morgan fingerprint density at radius 1 is 0.933 bits per heavy atom. The van der Waals surface area contributed by atoms with Gasteiger partial charge in [-0.3, -0.25) is 4.90 Å². The van der Waals surface area contributed by atoms with E-state index < -0.39 is 0 Å². The van der Waals surface area contributed by atoms with Gasteiger partial charge in [-0.25, -0.2) is 0 Å². The van der Waals surface area contributed by atoms with Gasteiger partial charge in [0.25, 0.3) is 0 Å². The summed E-state index contributed by atoms with van der Waals surface area (Å²) in [5.74, 6) is 1.25. The Morgan fingerprint density at radius 2 is 1.47 bits per heavy atom. The molecule has 0 aromatic heterocycles. The van der Waals surface area contributed by atoms with E-state index in [9.17, 15) is 0 Å². The maximum Gasteiger partial charge on any atom is 0.0965 e. The second-order valence-corrected chi connectivity index (χ2v) is 4.87. The fourth-order valence-electron chi connectivity index (χ4n) is 2.27. The van der Waals surface area contributed by atoms with Gasteiger partial charge in [0.1, 0.15) is 0 Å². The third-order valence-electron chi connectivity index (χ3n) is 3.63. The lowest BCUT2D eigenvalue weighted by molar-refractivity contribution is 0.0862. The van der Waals surface area contributed by atoms with Crippen molar-refractivity contribution in [2.45, 2.75) is 26.3 Å². The van der Waals surface area contributed by atoms with Crippen LogP contribution >= 0.6 is 0 Å². The van der Waals surface area contributed by atoms with Crippen molar-refractivity contribution in [3.63, 3.8) is 0 Å². The van der Waals surface area contributed by atoms with Crippen LogP contribution in [0, 0.1) is 0 Å². The van der Waals surface area contributed by atoms with Crippen LogP contribution in [-0.4, -0.2) is 60.0 Å². The molecule has 0 aromatic rings. The predicted molar refractivity (Wildman–Crippen MR) is 63.6 cm³/mol. The first-order valence-electron chi connectivity index (χ1n) is 6.11. The number of likely N-dealkylation sites (tertiary alicyclic amines) is 1. The predicted octanol–water partition coefficient (Wildman–Crippen LogP) is 1.19. The van der Waals surface area contributed by atoms with Gasteiger partial charge in [-0.15, -0.1) is 0 Å². The lowest BCUT2D eigenvalue weighted by Gasteiger charge is -2.44. The van der Waals surface area contributed by atoms with Crippen LogP contribution in [0.5, 0.6) is 0 Å². The van der Waals surface area contributed by atoms with Gasteiger partial charge in [0.2, 0.25) is 0 Å². The molecule has 0 aliphatic carbocycles. The standard InChI is InChI=1S/C12H23N3/c1-11(2)13-7-9-15(10-8-13)12(3)14-5-4-6-14/h11H,3-10H2,1-2H3. The average molecular weight is 209 g/mol. The molecule has 0 unspecified atom stereocenters. The summed E-state index contributed by atoms with van der Waals surface area (Å²) in [6.45, 7) is 15.8. The van der Waals surface area contributed by atoms with Gasteiger partial charge in [-0.2, -0.15) is 0 Å². The second kappa shape index (κ2) is 4.44. The van der Waals surface area contributed by atoms with Gasteiger partial charge in [0.15, 0.2) is 0 Å². The van der Waals surface area contributed by atoms with Crippen LogP contribution in [0.3, 0.4) is 0 Å². The Labute approximate surface area is 93.3 Å². The van der Waals surface area contributed by atoms with Crippen LogP contribution in [-0.2, 0) is 0 Å². The van der Waals surface area contributed by atoms with E-state index in [-0.39, 0.29) is 0 Å². The smallest absolute Gasteiger partial charge is 0.0965 e. The highest BCUT2D eigenvalue weighted by Gasteiger charge is 2.24. The maximum atomic E-state index is 4.20. The minimum Gasteiger partial charge on any atom is -0.359 e. The van der Waals surface area contributed by atoms with E-state index in [0.717, 1.165) is 13.1 Å². The quantitative estimate of drug-likeness (QED) is 0.691. The van der Waals surface area contributed by atoms with Crippen LogP contribution in [0.4, 0.5) is 0 Å². The molecular weight excluding hydrogens is 186 g/mol. The molecule has 0 saturated carbocycles. The van der Waals surface area contributed by atoms with E-state index in [4.69, 9.17) is 0 Å². The number of rotatable bonds is 3. The molecule has 0 atom stereocenters. The van der Waals surface area contributed by atoms with E-state index in [0.29, 0.717) is 6.04 Å². The average Bonchev–Trinajstić information content (AvgIpc) is 2.15. The Hall–Kier alpha value is -0.700. The summed E-state index contributed by atoms with van der Waals surface area (Å²) < 4.78 is 0. The summed E-state index contributed by atoms with van der Waals surface area (Å²) in [5.41, 5.74) is 0. The zero-order chi connectivity index (χ0) is 10.8. The minimum absolute atomic E-state index is 0.685. The highest BCUT2D eigenvalue weighted by Crippen LogP contribution is 2.18. The van der Waals surface area contributed by atoms with E-state index in [2.05, 4.69) is 35.1 Å². The molecule has 0 N–H and O–H groups in total. The van der Waals surface area contributed by atoms with E-state index in [1.807, 2.05) is 0 Å². The van der Waals surface area contributed by atoms with Crippen LogP contribution in [0.25, 0.3) is 0 Å². The molecule has 15 heavy (non-hydrogen) atoms. The van der Waals surface area contributed by atoms with Crippen molar-refractivity contribution in [2.24, 2.45) is 0 Å². The van der Waals surface area contributed by atoms with Crippen molar-refractivity contribution in [2.75, 3.05) is 39.3 Å². The molecule has 2 aliphatic heterocycles. The third kappa shape index (κ3) is 2.28. The molecule has 3 nitrogen and oxygen atoms in total. The lowest BCUT2D eigenvalue weighted by Crippen LogP contribution is -2.52. The Morgan fingerprint density at radius 3 is 1.87 bits per heavy atom. The zero-order valence-corrected chi connectivity index (χ0v) is 10.1. The molecule has 0 aromatic carbocycles. The Bertz CT molecular complexity index is 225. The van der Waals surface area contributed by atoms with Gasteiger partial charge < -0.3 is 9.80 Å². The first-order chi connectivity index (χ1) is 7.18.